The third-order valence-corrected chi connectivity index (χ3v) is 3.01. The van der Waals surface area contributed by atoms with Gasteiger partial charge in [-0.3, -0.25) is 0 Å². The van der Waals surface area contributed by atoms with Gasteiger partial charge in [-0.05, 0) is 36.0 Å². The van der Waals surface area contributed by atoms with Crippen LogP contribution in [-0.4, -0.2) is 29.4 Å². The highest BCUT2D eigenvalue weighted by atomic mass is 16.5. The van der Waals surface area contributed by atoms with Crippen molar-refractivity contribution in [3.63, 3.8) is 0 Å². The molecule has 1 unspecified atom stereocenters. The van der Waals surface area contributed by atoms with Crippen molar-refractivity contribution >= 4 is 5.97 Å². The highest BCUT2D eigenvalue weighted by Gasteiger charge is 2.14. The minimum absolute atomic E-state index is 0.0189. The maximum Gasteiger partial charge on any atom is 0.329 e. The maximum atomic E-state index is 10.3. The highest BCUT2D eigenvalue weighted by Crippen LogP contribution is 2.25. The number of aliphatic hydroxyl groups excluding tert-OH is 1. The lowest BCUT2D eigenvalue weighted by molar-refractivity contribution is -0.143. The first-order valence-electron chi connectivity index (χ1n) is 5.76. The molecule has 92 valence electrons. The number of carboxylic acids is 1. The van der Waals surface area contributed by atoms with Crippen molar-refractivity contribution in [2.75, 3.05) is 13.2 Å². The van der Waals surface area contributed by atoms with Gasteiger partial charge in [0, 0.05) is 0 Å². The van der Waals surface area contributed by atoms with Gasteiger partial charge in [-0.1, -0.05) is 18.2 Å². The Morgan fingerprint density at radius 1 is 1.35 bits per heavy atom. The third kappa shape index (κ3) is 3.05. The van der Waals surface area contributed by atoms with Crippen LogP contribution in [0.25, 0.3) is 0 Å². The predicted octanol–water partition coefficient (Wildman–Crippen LogP) is 1.31. The molecule has 1 aromatic rings. The molecule has 0 bridgehead atoms. The number of rotatable bonds is 5. The fourth-order valence-corrected chi connectivity index (χ4v) is 2.15. The van der Waals surface area contributed by atoms with Gasteiger partial charge in [0.15, 0.2) is 0 Å². The Hall–Kier alpha value is -1.39. The van der Waals surface area contributed by atoms with E-state index in [0.717, 1.165) is 18.4 Å². The fraction of sp³-hybridized carbons (Fsp3) is 0.462. The minimum atomic E-state index is -1.02. The van der Waals surface area contributed by atoms with Gasteiger partial charge in [0.05, 0.1) is 6.61 Å². The zero-order valence-electron chi connectivity index (χ0n) is 9.56. The molecule has 1 aliphatic rings. The zero-order chi connectivity index (χ0) is 12.3. The molecule has 1 aliphatic carbocycles. The summed E-state index contributed by atoms with van der Waals surface area (Å²) in [5.74, 6) is -1.02. The third-order valence-electron chi connectivity index (χ3n) is 3.01. The van der Waals surface area contributed by atoms with Crippen LogP contribution in [0.3, 0.4) is 0 Å². The van der Waals surface area contributed by atoms with E-state index >= 15 is 0 Å². The van der Waals surface area contributed by atoms with Crippen LogP contribution in [0.4, 0.5) is 0 Å². The summed E-state index contributed by atoms with van der Waals surface area (Å²) in [4.78, 5) is 10.3. The van der Waals surface area contributed by atoms with Crippen LogP contribution in [0.1, 0.15) is 29.2 Å². The number of aryl methyl sites for hydroxylation is 2. The van der Waals surface area contributed by atoms with Crippen LogP contribution >= 0.6 is 0 Å². The lowest BCUT2D eigenvalue weighted by atomic mass is 10.0. The van der Waals surface area contributed by atoms with Gasteiger partial charge in [0.2, 0.25) is 0 Å². The van der Waals surface area contributed by atoms with Crippen molar-refractivity contribution in [1.82, 2.24) is 0 Å². The summed E-state index contributed by atoms with van der Waals surface area (Å²) < 4.78 is 4.88. The molecule has 2 rings (SSSR count). The van der Waals surface area contributed by atoms with E-state index in [4.69, 9.17) is 9.84 Å². The summed E-state index contributed by atoms with van der Waals surface area (Å²) in [5.41, 5.74) is 3.45. The van der Waals surface area contributed by atoms with Crippen LogP contribution in [0.5, 0.6) is 0 Å². The number of hydrogen-bond donors (Lipinski definition) is 2. The van der Waals surface area contributed by atoms with E-state index in [2.05, 4.69) is 0 Å². The summed E-state index contributed by atoms with van der Waals surface area (Å²) in [5, 5.41) is 18.3. The zero-order valence-corrected chi connectivity index (χ0v) is 9.56. The molecule has 0 saturated carbocycles. The molecule has 17 heavy (non-hydrogen) atoms. The van der Waals surface area contributed by atoms with Crippen molar-refractivity contribution in [1.29, 1.82) is 0 Å². The van der Waals surface area contributed by atoms with Crippen molar-refractivity contribution in [2.24, 2.45) is 0 Å². The molecule has 4 nitrogen and oxygen atoms in total. The number of aliphatic carboxylic acids is 1. The van der Waals surface area contributed by atoms with Crippen LogP contribution in [-0.2, 0) is 22.4 Å². The average molecular weight is 236 g/mol. The molecular weight excluding hydrogens is 220 g/mol. The molecule has 1 aromatic carbocycles. The summed E-state index contributed by atoms with van der Waals surface area (Å²) in [6, 6.07) is 5.92. The second-order valence-corrected chi connectivity index (χ2v) is 4.31. The largest absolute Gasteiger partial charge is 0.480 e. The minimum Gasteiger partial charge on any atom is -0.480 e. The van der Waals surface area contributed by atoms with Crippen LogP contribution in [0, 0.1) is 0 Å². The molecule has 2 N–H and O–H groups in total. The maximum absolute atomic E-state index is 10.3. The SMILES string of the molecule is O=C(O)COCC(O)c1ccc2c(c1)CCC2. The molecule has 0 fully saturated rings. The topological polar surface area (TPSA) is 66.8 Å². The first-order chi connectivity index (χ1) is 8.16. The summed E-state index contributed by atoms with van der Waals surface area (Å²) in [7, 11) is 0. The molecule has 0 amide bonds. The number of carboxylic acid groups (broad SMARTS) is 1. The van der Waals surface area contributed by atoms with E-state index in [0.29, 0.717) is 0 Å². The van der Waals surface area contributed by atoms with Gasteiger partial charge in [0.25, 0.3) is 0 Å². The van der Waals surface area contributed by atoms with E-state index in [1.165, 1.54) is 17.5 Å². The highest BCUT2D eigenvalue weighted by molar-refractivity contribution is 5.67. The second-order valence-electron chi connectivity index (χ2n) is 4.31. The molecule has 0 aromatic heterocycles. The Kier molecular flexibility index (Phi) is 3.76. The number of carbonyl (C=O) groups is 1. The molecule has 4 heteroatoms. The van der Waals surface area contributed by atoms with Crippen molar-refractivity contribution < 1.29 is 19.7 Å². The number of ether oxygens (including phenoxy) is 1. The van der Waals surface area contributed by atoms with Gasteiger partial charge < -0.3 is 14.9 Å². The molecule has 0 saturated heterocycles. The summed E-state index contributed by atoms with van der Waals surface area (Å²) >= 11 is 0. The van der Waals surface area contributed by atoms with E-state index in [-0.39, 0.29) is 13.2 Å². The normalized spacial score (nSPS) is 15.6. The van der Waals surface area contributed by atoms with Crippen LogP contribution in [0.15, 0.2) is 18.2 Å². The van der Waals surface area contributed by atoms with Gasteiger partial charge in [-0.25, -0.2) is 4.79 Å². The standard InChI is InChI=1S/C13H16O4/c14-12(7-17-8-13(15)16)11-5-4-9-2-1-3-10(9)6-11/h4-6,12,14H,1-3,7-8H2,(H,15,16). The summed E-state index contributed by atoms with van der Waals surface area (Å²) in [6.07, 6.45) is 2.59. The lowest BCUT2D eigenvalue weighted by Crippen LogP contribution is -2.13. The van der Waals surface area contributed by atoms with Crippen molar-refractivity contribution in [2.45, 2.75) is 25.4 Å². The van der Waals surface area contributed by atoms with Gasteiger partial charge in [0.1, 0.15) is 12.7 Å². The van der Waals surface area contributed by atoms with Crippen LogP contribution < -0.4 is 0 Å². The number of benzene rings is 1. The molecule has 0 radical (unpaired) electrons. The van der Waals surface area contributed by atoms with E-state index < -0.39 is 12.1 Å². The van der Waals surface area contributed by atoms with Crippen LogP contribution in [0.2, 0.25) is 0 Å². The Morgan fingerprint density at radius 3 is 2.88 bits per heavy atom. The van der Waals surface area contributed by atoms with Crippen molar-refractivity contribution in [3.8, 4) is 0 Å². The molecule has 0 aliphatic heterocycles. The molecule has 0 spiro atoms. The van der Waals surface area contributed by atoms with E-state index in [1.54, 1.807) is 0 Å². The predicted molar refractivity (Wildman–Crippen MR) is 61.9 cm³/mol. The number of aliphatic hydroxyl groups is 1. The van der Waals surface area contributed by atoms with Gasteiger partial charge in [-0.15, -0.1) is 0 Å². The molecular formula is C13H16O4. The Balaban J connectivity index is 1.95. The smallest absolute Gasteiger partial charge is 0.329 e. The number of hydrogen-bond acceptors (Lipinski definition) is 3. The van der Waals surface area contributed by atoms with E-state index in [9.17, 15) is 9.90 Å². The van der Waals surface area contributed by atoms with E-state index in [1.807, 2.05) is 18.2 Å². The Bertz CT molecular complexity index is 414. The van der Waals surface area contributed by atoms with Crippen molar-refractivity contribution in [3.05, 3.63) is 34.9 Å². The number of fused-ring (bicyclic) bond motifs is 1. The Labute approximate surface area is 99.8 Å². The fourth-order valence-electron chi connectivity index (χ4n) is 2.15. The molecule has 1 atom stereocenters. The van der Waals surface area contributed by atoms with Gasteiger partial charge in [-0.2, -0.15) is 0 Å². The quantitative estimate of drug-likeness (QED) is 0.809. The lowest BCUT2D eigenvalue weighted by Gasteiger charge is -2.12. The summed E-state index contributed by atoms with van der Waals surface area (Å²) in [6.45, 7) is -0.354. The average Bonchev–Trinajstić information content (AvgIpc) is 2.75. The second kappa shape index (κ2) is 5.29. The monoisotopic (exact) mass is 236 g/mol. The molecule has 0 heterocycles. The first kappa shape index (κ1) is 12.1. The van der Waals surface area contributed by atoms with Gasteiger partial charge >= 0.3 is 5.97 Å². The Morgan fingerprint density at radius 2 is 2.12 bits per heavy atom. The first-order valence-corrected chi connectivity index (χ1v) is 5.76.